The summed E-state index contributed by atoms with van der Waals surface area (Å²) < 4.78 is 0. The third-order valence-corrected chi connectivity index (χ3v) is 2.97. The fourth-order valence-corrected chi connectivity index (χ4v) is 1.91. The van der Waals surface area contributed by atoms with Crippen LogP contribution in [0, 0.1) is 0 Å². The molecule has 0 bridgehead atoms. The highest BCUT2D eigenvalue weighted by Crippen LogP contribution is 2.18. The Morgan fingerprint density at radius 2 is 2.42 bits per heavy atom. The second kappa shape index (κ2) is 3.96. The standard InChI is InChI=1S/C8H11NOS2/c1-3-9(2)8(10)7-4-6(11)5-12-7/h4-5,11H,3H2,1-2H3. The van der Waals surface area contributed by atoms with Gasteiger partial charge < -0.3 is 4.90 Å². The molecular formula is C8H11NOS2. The predicted octanol–water partition coefficient (Wildman–Crippen LogP) is 2.13. The summed E-state index contributed by atoms with van der Waals surface area (Å²) in [5.74, 6) is 0.0720. The van der Waals surface area contributed by atoms with E-state index in [1.807, 2.05) is 12.3 Å². The molecule has 0 aliphatic rings. The van der Waals surface area contributed by atoms with Crippen LogP contribution in [0.1, 0.15) is 16.6 Å². The Hall–Kier alpha value is -0.480. The van der Waals surface area contributed by atoms with E-state index in [1.54, 1.807) is 18.0 Å². The van der Waals surface area contributed by atoms with Crippen LogP contribution in [0.3, 0.4) is 0 Å². The van der Waals surface area contributed by atoms with Gasteiger partial charge in [-0.15, -0.1) is 24.0 Å². The molecule has 1 aromatic heterocycles. The lowest BCUT2D eigenvalue weighted by Crippen LogP contribution is -2.25. The molecule has 0 saturated heterocycles. The van der Waals surface area contributed by atoms with Crippen LogP contribution in [0.15, 0.2) is 16.3 Å². The van der Waals surface area contributed by atoms with E-state index >= 15 is 0 Å². The minimum atomic E-state index is 0.0720. The Balaban J connectivity index is 2.78. The topological polar surface area (TPSA) is 20.3 Å². The molecule has 0 saturated carbocycles. The Morgan fingerprint density at radius 1 is 1.75 bits per heavy atom. The van der Waals surface area contributed by atoms with E-state index < -0.39 is 0 Å². The van der Waals surface area contributed by atoms with Gasteiger partial charge in [0, 0.05) is 23.9 Å². The number of hydrogen-bond acceptors (Lipinski definition) is 3. The smallest absolute Gasteiger partial charge is 0.263 e. The molecule has 0 N–H and O–H groups in total. The van der Waals surface area contributed by atoms with Gasteiger partial charge in [-0.1, -0.05) is 0 Å². The summed E-state index contributed by atoms with van der Waals surface area (Å²) in [5.41, 5.74) is 0. The van der Waals surface area contributed by atoms with E-state index in [0.29, 0.717) is 0 Å². The average molecular weight is 201 g/mol. The van der Waals surface area contributed by atoms with Gasteiger partial charge in [0.1, 0.15) is 0 Å². The molecule has 0 aromatic carbocycles. The van der Waals surface area contributed by atoms with Gasteiger partial charge in [0.05, 0.1) is 4.88 Å². The molecule has 66 valence electrons. The summed E-state index contributed by atoms with van der Waals surface area (Å²) in [6.07, 6.45) is 0. The van der Waals surface area contributed by atoms with Crippen molar-refractivity contribution in [3.8, 4) is 0 Å². The summed E-state index contributed by atoms with van der Waals surface area (Å²) in [7, 11) is 1.79. The normalized spacial score (nSPS) is 9.92. The molecule has 0 radical (unpaired) electrons. The summed E-state index contributed by atoms with van der Waals surface area (Å²) in [5, 5.41) is 1.86. The quantitative estimate of drug-likeness (QED) is 0.727. The Labute approximate surface area is 81.6 Å². The first kappa shape index (κ1) is 9.61. The summed E-state index contributed by atoms with van der Waals surface area (Å²) >= 11 is 5.57. The molecule has 0 spiro atoms. The monoisotopic (exact) mass is 201 g/mol. The zero-order chi connectivity index (χ0) is 9.14. The van der Waals surface area contributed by atoms with Crippen LogP contribution in [-0.2, 0) is 0 Å². The Morgan fingerprint density at radius 3 is 2.83 bits per heavy atom. The number of carbonyl (C=O) groups is 1. The van der Waals surface area contributed by atoms with Crippen LogP contribution in [0.25, 0.3) is 0 Å². The van der Waals surface area contributed by atoms with Gasteiger partial charge in [0.2, 0.25) is 0 Å². The van der Waals surface area contributed by atoms with Crippen LogP contribution >= 0.6 is 24.0 Å². The van der Waals surface area contributed by atoms with Crippen molar-refractivity contribution in [2.45, 2.75) is 11.8 Å². The predicted molar refractivity (Wildman–Crippen MR) is 54.2 cm³/mol. The molecule has 4 heteroatoms. The Kier molecular flexibility index (Phi) is 3.17. The van der Waals surface area contributed by atoms with Gasteiger partial charge in [-0.05, 0) is 13.0 Å². The summed E-state index contributed by atoms with van der Waals surface area (Å²) in [4.78, 5) is 14.8. The lowest BCUT2D eigenvalue weighted by molar-refractivity contribution is 0.0807. The van der Waals surface area contributed by atoms with Crippen LogP contribution < -0.4 is 0 Å². The maximum Gasteiger partial charge on any atom is 0.263 e. The third kappa shape index (κ3) is 2.01. The van der Waals surface area contributed by atoms with E-state index in [4.69, 9.17) is 0 Å². The van der Waals surface area contributed by atoms with Crippen molar-refractivity contribution in [2.24, 2.45) is 0 Å². The molecule has 2 nitrogen and oxygen atoms in total. The highest BCUT2D eigenvalue weighted by Gasteiger charge is 2.11. The van der Waals surface area contributed by atoms with Gasteiger partial charge in [-0.3, -0.25) is 4.79 Å². The molecule has 0 unspecified atom stereocenters. The number of hydrogen-bond donors (Lipinski definition) is 1. The highest BCUT2D eigenvalue weighted by molar-refractivity contribution is 7.80. The van der Waals surface area contributed by atoms with Gasteiger partial charge in [0.25, 0.3) is 5.91 Å². The second-order valence-electron chi connectivity index (χ2n) is 2.49. The molecule has 1 heterocycles. The van der Waals surface area contributed by atoms with Gasteiger partial charge >= 0.3 is 0 Å². The van der Waals surface area contributed by atoms with Crippen LogP contribution in [0.4, 0.5) is 0 Å². The molecule has 1 rings (SSSR count). The second-order valence-corrected chi connectivity index (χ2v) is 3.92. The first-order valence-corrected chi connectivity index (χ1v) is 5.00. The van der Waals surface area contributed by atoms with Gasteiger partial charge in [0.15, 0.2) is 0 Å². The van der Waals surface area contributed by atoms with Gasteiger partial charge in [-0.25, -0.2) is 0 Å². The number of rotatable bonds is 2. The molecular weight excluding hydrogens is 190 g/mol. The average Bonchev–Trinajstić information content (AvgIpc) is 2.49. The van der Waals surface area contributed by atoms with Crippen molar-refractivity contribution < 1.29 is 4.79 Å². The van der Waals surface area contributed by atoms with Crippen LogP contribution in [0.5, 0.6) is 0 Å². The molecule has 0 atom stereocenters. The molecule has 0 fully saturated rings. The van der Waals surface area contributed by atoms with Gasteiger partial charge in [-0.2, -0.15) is 0 Å². The SMILES string of the molecule is CCN(C)C(=O)c1cc(S)cs1. The number of carbonyl (C=O) groups excluding carboxylic acids is 1. The molecule has 12 heavy (non-hydrogen) atoms. The Bertz CT molecular complexity index is 282. The van der Waals surface area contributed by atoms with Crippen molar-refractivity contribution in [1.29, 1.82) is 0 Å². The zero-order valence-corrected chi connectivity index (χ0v) is 8.78. The lowest BCUT2D eigenvalue weighted by Gasteiger charge is -2.12. The molecule has 1 amide bonds. The highest BCUT2D eigenvalue weighted by atomic mass is 32.1. The van der Waals surface area contributed by atoms with E-state index in [1.165, 1.54) is 11.3 Å². The number of amides is 1. The fraction of sp³-hybridized carbons (Fsp3) is 0.375. The van der Waals surface area contributed by atoms with Crippen molar-refractivity contribution in [1.82, 2.24) is 4.90 Å². The number of nitrogens with zero attached hydrogens (tertiary/aromatic N) is 1. The minimum absolute atomic E-state index is 0.0720. The van der Waals surface area contributed by atoms with Crippen LogP contribution in [0.2, 0.25) is 0 Å². The van der Waals surface area contributed by atoms with Crippen molar-refractivity contribution in [3.05, 3.63) is 16.3 Å². The largest absolute Gasteiger partial charge is 0.341 e. The number of thiophene rings is 1. The summed E-state index contributed by atoms with van der Waals surface area (Å²) in [6.45, 7) is 2.69. The molecule has 1 aromatic rings. The number of thiol groups is 1. The van der Waals surface area contributed by atoms with E-state index in [-0.39, 0.29) is 5.91 Å². The fourth-order valence-electron chi connectivity index (χ4n) is 0.770. The minimum Gasteiger partial charge on any atom is -0.341 e. The zero-order valence-electron chi connectivity index (χ0n) is 7.07. The first-order valence-electron chi connectivity index (χ1n) is 3.68. The first-order chi connectivity index (χ1) is 5.65. The van der Waals surface area contributed by atoms with E-state index in [0.717, 1.165) is 16.3 Å². The molecule has 0 aliphatic carbocycles. The van der Waals surface area contributed by atoms with E-state index in [9.17, 15) is 4.79 Å². The summed E-state index contributed by atoms with van der Waals surface area (Å²) in [6, 6.07) is 1.79. The maximum atomic E-state index is 11.5. The van der Waals surface area contributed by atoms with E-state index in [2.05, 4.69) is 12.6 Å². The van der Waals surface area contributed by atoms with Crippen molar-refractivity contribution >= 4 is 29.9 Å². The van der Waals surface area contributed by atoms with Crippen molar-refractivity contribution in [3.63, 3.8) is 0 Å². The maximum absolute atomic E-state index is 11.5. The third-order valence-electron chi connectivity index (χ3n) is 1.62. The molecule has 0 aliphatic heterocycles. The van der Waals surface area contributed by atoms with Crippen LogP contribution in [-0.4, -0.2) is 24.4 Å². The van der Waals surface area contributed by atoms with Crippen molar-refractivity contribution in [2.75, 3.05) is 13.6 Å². The lowest BCUT2D eigenvalue weighted by atomic mass is 10.4.